The summed E-state index contributed by atoms with van der Waals surface area (Å²) in [5, 5.41) is 0. The van der Waals surface area contributed by atoms with Crippen molar-refractivity contribution in [3.8, 4) is 0 Å². The Hall–Kier alpha value is 0.0300. The van der Waals surface area contributed by atoms with Crippen LogP contribution in [0, 0.1) is 5.41 Å². The zero-order chi connectivity index (χ0) is 8.86. The van der Waals surface area contributed by atoms with E-state index in [0.29, 0.717) is 5.41 Å². The lowest BCUT2D eigenvalue weighted by Gasteiger charge is -2.25. The Morgan fingerprint density at radius 2 is 2.00 bits per heavy atom. The van der Waals surface area contributed by atoms with Gasteiger partial charge in [0.25, 0.3) is 0 Å². The highest BCUT2D eigenvalue weighted by atomic mass is 35.5. The molecular weight excluding hydrogens is 168 g/mol. The highest BCUT2D eigenvalue weighted by molar-refractivity contribution is 6.18. The van der Waals surface area contributed by atoms with Crippen LogP contribution in [0.25, 0.3) is 0 Å². The molecule has 0 N–H and O–H groups in total. The molecule has 0 spiro atoms. The average molecular weight is 187 g/mol. The minimum atomic E-state index is 0.505. The summed E-state index contributed by atoms with van der Waals surface area (Å²) < 4.78 is 0. The Kier molecular flexibility index (Phi) is 4.14. The van der Waals surface area contributed by atoms with E-state index >= 15 is 0 Å². The number of unbranched alkanes of at least 4 members (excludes halogenated alkanes) is 1. The minimum absolute atomic E-state index is 0.505. The van der Waals surface area contributed by atoms with Crippen molar-refractivity contribution in [2.24, 2.45) is 5.41 Å². The second kappa shape index (κ2) is 4.91. The molecule has 1 aliphatic carbocycles. The normalized spacial score (nSPS) is 21.1. The van der Waals surface area contributed by atoms with E-state index in [9.17, 15) is 0 Å². The molecule has 0 unspecified atom stereocenters. The zero-order valence-corrected chi connectivity index (χ0v) is 8.58. The molecule has 0 amide bonds. The van der Waals surface area contributed by atoms with Gasteiger partial charge in [0.1, 0.15) is 0 Å². The van der Waals surface area contributed by atoms with Crippen LogP contribution < -0.4 is 0 Å². The van der Waals surface area contributed by atoms with Gasteiger partial charge in [-0.3, -0.25) is 0 Å². The first-order chi connectivity index (χ1) is 5.83. The fourth-order valence-corrected chi connectivity index (χ4v) is 2.60. The van der Waals surface area contributed by atoms with Gasteiger partial charge in [-0.25, -0.2) is 0 Å². The smallest absolute Gasteiger partial charge is 0.0280 e. The second-order valence-corrected chi connectivity index (χ2v) is 4.29. The number of alkyl halides is 1. The summed E-state index contributed by atoms with van der Waals surface area (Å²) in [7, 11) is 0. The van der Waals surface area contributed by atoms with Crippen LogP contribution in [0.1, 0.15) is 44.9 Å². The Morgan fingerprint density at radius 1 is 1.33 bits per heavy atom. The quantitative estimate of drug-likeness (QED) is 0.344. The molecule has 1 saturated carbocycles. The average Bonchev–Trinajstić information content (AvgIpc) is 2.55. The fourth-order valence-electron chi connectivity index (χ4n) is 2.20. The van der Waals surface area contributed by atoms with Crippen LogP contribution >= 0.6 is 11.6 Å². The third-order valence-corrected chi connectivity index (χ3v) is 3.63. The fraction of sp³-hybridized carbons (Fsp3) is 0.818. The molecule has 1 aliphatic rings. The topological polar surface area (TPSA) is 0 Å². The molecule has 1 fully saturated rings. The van der Waals surface area contributed by atoms with Crippen molar-refractivity contribution in [3.63, 3.8) is 0 Å². The van der Waals surface area contributed by atoms with E-state index in [1.165, 1.54) is 38.5 Å². The molecule has 0 aromatic rings. The van der Waals surface area contributed by atoms with Crippen LogP contribution in [-0.2, 0) is 0 Å². The third-order valence-electron chi connectivity index (χ3n) is 3.06. The van der Waals surface area contributed by atoms with Crippen molar-refractivity contribution >= 4 is 11.6 Å². The Labute approximate surface area is 81.0 Å². The summed E-state index contributed by atoms with van der Waals surface area (Å²) in [5.41, 5.74) is 0.505. The van der Waals surface area contributed by atoms with Crippen molar-refractivity contribution in [1.29, 1.82) is 0 Å². The van der Waals surface area contributed by atoms with E-state index in [4.69, 9.17) is 11.6 Å². The molecule has 0 nitrogen and oxygen atoms in total. The van der Waals surface area contributed by atoms with Gasteiger partial charge in [0.15, 0.2) is 0 Å². The van der Waals surface area contributed by atoms with Crippen LogP contribution in [0.4, 0.5) is 0 Å². The minimum Gasteiger partial charge on any atom is -0.126 e. The molecule has 12 heavy (non-hydrogen) atoms. The second-order valence-electron chi connectivity index (χ2n) is 4.02. The molecular formula is C11H19Cl. The first-order valence-corrected chi connectivity index (χ1v) is 5.53. The maximum Gasteiger partial charge on any atom is 0.0280 e. The predicted molar refractivity (Wildman–Crippen MR) is 55.7 cm³/mol. The monoisotopic (exact) mass is 186 g/mol. The maximum absolute atomic E-state index is 6.02. The number of halogens is 1. The van der Waals surface area contributed by atoms with E-state index in [2.05, 4.69) is 6.58 Å². The van der Waals surface area contributed by atoms with Crippen molar-refractivity contribution in [2.75, 3.05) is 5.88 Å². The molecule has 70 valence electrons. The van der Waals surface area contributed by atoms with Crippen LogP contribution in [0.5, 0.6) is 0 Å². The van der Waals surface area contributed by atoms with E-state index in [1.54, 1.807) is 0 Å². The zero-order valence-electron chi connectivity index (χ0n) is 7.82. The summed E-state index contributed by atoms with van der Waals surface area (Å²) >= 11 is 6.02. The summed E-state index contributed by atoms with van der Waals surface area (Å²) in [6.07, 6.45) is 11.2. The molecule has 0 heterocycles. The summed E-state index contributed by atoms with van der Waals surface area (Å²) in [4.78, 5) is 0. The van der Waals surface area contributed by atoms with Crippen molar-refractivity contribution < 1.29 is 0 Å². The van der Waals surface area contributed by atoms with E-state index in [1.807, 2.05) is 6.08 Å². The van der Waals surface area contributed by atoms with Gasteiger partial charge in [0.2, 0.25) is 0 Å². The molecule has 0 bridgehead atoms. The molecule has 0 saturated heterocycles. The van der Waals surface area contributed by atoms with Gasteiger partial charge < -0.3 is 0 Å². The Bertz CT molecular complexity index is 134. The molecule has 1 heteroatoms. The summed E-state index contributed by atoms with van der Waals surface area (Å²) in [6, 6.07) is 0. The first-order valence-electron chi connectivity index (χ1n) is 5.00. The largest absolute Gasteiger partial charge is 0.126 e. The number of allylic oxidation sites excluding steroid dienone is 1. The van der Waals surface area contributed by atoms with Crippen LogP contribution in [-0.4, -0.2) is 5.88 Å². The van der Waals surface area contributed by atoms with Crippen LogP contribution in [0.2, 0.25) is 0 Å². The van der Waals surface area contributed by atoms with Crippen molar-refractivity contribution in [3.05, 3.63) is 12.7 Å². The number of hydrogen-bond donors (Lipinski definition) is 0. The van der Waals surface area contributed by atoms with Gasteiger partial charge in [0, 0.05) is 5.88 Å². The third kappa shape index (κ3) is 2.52. The molecule has 0 radical (unpaired) electrons. The van der Waals surface area contributed by atoms with Gasteiger partial charge in [-0.15, -0.1) is 18.2 Å². The highest BCUT2D eigenvalue weighted by Crippen LogP contribution is 2.43. The Morgan fingerprint density at radius 3 is 2.50 bits per heavy atom. The van der Waals surface area contributed by atoms with Gasteiger partial charge in [-0.1, -0.05) is 18.9 Å². The molecule has 0 aromatic heterocycles. The highest BCUT2D eigenvalue weighted by Gasteiger charge is 2.31. The lowest BCUT2D eigenvalue weighted by Crippen LogP contribution is -2.17. The van der Waals surface area contributed by atoms with E-state index < -0.39 is 0 Å². The molecule has 0 aliphatic heterocycles. The van der Waals surface area contributed by atoms with Crippen LogP contribution in [0.3, 0.4) is 0 Å². The lowest BCUT2D eigenvalue weighted by molar-refractivity contribution is 0.306. The van der Waals surface area contributed by atoms with Crippen molar-refractivity contribution in [2.45, 2.75) is 44.9 Å². The molecule has 0 aromatic carbocycles. The first kappa shape index (κ1) is 10.1. The van der Waals surface area contributed by atoms with Crippen LogP contribution in [0.15, 0.2) is 12.7 Å². The molecule has 1 rings (SSSR count). The van der Waals surface area contributed by atoms with Gasteiger partial charge in [-0.05, 0) is 37.5 Å². The predicted octanol–water partition coefficient (Wildman–Crippen LogP) is 4.14. The summed E-state index contributed by atoms with van der Waals surface area (Å²) in [6.45, 7) is 3.74. The number of rotatable bonds is 5. The summed E-state index contributed by atoms with van der Waals surface area (Å²) in [5.74, 6) is 0.865. The van der Waals surface area contributed by atoms with E-state index in [-0.39, 0.29) is 0 Å². The van der Waals surface area contributed by atoms with Gasteiger partial charge in [-0.2, -0.15) is 0 Å². The number of hydrogen-bond acceptors (Lipinski definition) is 0. The standard InChI is InChI=1S/C11H19Cl/c1-2-3-4-7-11(10-12)8-5-6-9-11/h2H,1,3-10H2. The Balaban J connectivity index is 2.28. The van der Waals surface area contributed by atoms with Gasteiger partial charge in [0.05, 0.1) is 0 Å². The van der Waals surface area contributed by atoms with Crippen molar-refractivity contribution in [1.82, 2.24) is 0 Å². The maximum atomic E-state index is 6.02. The SMILES string of the molecule is C=CCCCC1(CCl)CCCC1. The van der Waals surface area contributed by atoms with Gasteiger partial charge >= 0.3 is 0 Å². The molecule has 0 atom stereocenters. The van der Waals surface area contributed by atoms with E-state index in [0.717, 1.165) is 12.3 Å². The lowest BCUT2D eigenvalue weighted by atomic mass is 9.83.